The van der Waals surface area contributed by atoms with Gasteiger partial charge >= 0.3 is 0 Å². The van der Waals surface area contributed by atoms with Gasteiger partial charge < -0.3 is 5.32 Å². The minimum atomic E-state index is 0.127. The number of alkyl halides is 1. The summed E-state index contributed by atoms with van der Waals surface area (Å²) in [4.78, 5) is 4.20. The highest BCUT2D eigenvalue weighted by Crippen LogP contribution is 2.29. The number of rotatable bonds is 6. The minimum Gasteiger partial charge on any atom is -0.368 e. The van der Waals surface area contributed by atoms with Crippen molar-refractivity contribution in [3.63, 3.8) is 0 Å². The van der Waals surface area contributed by atoms with Gasteiger partial charge in [-0.25, -0.2) is 4.98 Å². The Morgan fingerprint density at radius 3 is 2.56 bits per heavy atom. The van der Waals surface area contributed by atoms with E-state index in [2.05, 4.69) is 24.1 Å². The Labute approximate surface area is 107 Å². The van der Waals surface area contributed by atoms with Crippen molar-refractivity contribution in [3.05, 3.63) is 23.4 Å². The molecule has 0 fully saturated rings. The monoisotopic (exact) mass is 260 g/mol. The molecule has 90 valence electrons. The van der Waals surface area contributed by atoms with Crippen molar-refractivity contribution < 1.29 is 0 Å². The summed E-state index contributed by atoms with van der Waals surface area (Å²) in [7, 11) is 0. The van der Waals surface area contributed by atoms with Gasteiger partial charge in [0.15, 0.2) is 0 Å². The topological polar surface area (TPSA) is 24.9 Å². The summed E-state index contributed by atoms with van der Waals surface area (Å²) in [5.41, 5.74) is 0.127. The SMILES string of the molecule is CCC(CC)(CCl)CNc1ncccc1Cl. The van der Waals surface area contributed by atoms with Crippen LogP contribution in [-0.4, -0.2) is 17.4 Å². The molecule has 0 aliphatic carbocycles. The highest BCUT2D eigenvalue weighted by atomic mass is 35.5. The van der Waals surface area contributed by atoms with Crippen LogP contribution < -0.4 is 5.32 Å². The van der Waals surface area contributed by atoms with E-state index in [0.29, 0.717) is 10.9 Å². The first-order valence-electron chi connectivity index (χ1n) is 5.58. The van der Waals surface area contributed by atoms with Crippen LogP contribution in [0.1, 0.15) is 26.7 Å². The first-order valence-corrected chi connectivity index (χ1v) is 6.49. The lowest BCUT2D eigenvalue weighted by atomic mass is 9.84. The van der Waals surface area contributed by atoms with E-state index in [9.17, 15) is 0 Å². The van der Waals surface area contributed by atoms with E-state index in [1.165, 1.54) is 0 Å². The van der Waals surface area contributed by atoms with E-state index in [1.807, 2.05) is 12.1 Å². The van der Waals surface area contributed by atoms with Crippen LogP contribution in [-0.2, 0) is 0 Å². The Kier molecular flexibility index (Phi) is 5.36. The fourth-order valence-corrected chi connectivity index (χ4v) is 2.18. The Balaban J connectivity index is 2.66. The van der Waals surface area contributed by atoms with Crippen LogP contribution >= 0.6 is 23.2 Å². The molecule has 0 aliphatic rings. The molecule has 0 bridgehead atoms. The fraction of sp³-hybridized carbons (Fsp3) is 0.583. The number of hydrogen-bond acceptors (Lipinski definition) is 2. The molecule has 2 nitrogen and oxygen atoms in total. The third-order valence-electron chi connectivity index (χ3n) is 3.17. The number of nitrogens with one attached hydrogen (secondary N) is 1. The summed E-state index contributed by atoms with van der Waals surface area (Å²) in [6, 6.07) is 3.65. The normalized spacial score (nSPS) is 11.5. The molecule has 1 aromatic rings. The maximum absolute atomic E-state index is 6.04. The second kappa shape index (κ2) is 6.31. The van der Waals surface area contributed by atoms with Crippen LogP contribution in [0.15, 0.2) is 18.3 Å². The van der Waals surface area contributed by atoms with E-state index in [1.54, 1.807) is 6.20 Å². The number of hydrogen-bond donors (Lipinski definition) is 1. The molecule has 16 heavy (non-hydrogen) atoms. The second-order valence-corrected chi connectivity index (χ2v) is 4.70. The third kappa shape index (κ3) is 3.26. The quantitative estimate of drug-likeness (QED) is 0.776. The number of halogens is 2. The van der Waals surface area contributed by atoms with Crippen LogP contribution in [0.2, 0.25) is 5.02 Å². The predicted molar refractivity (Wildman–Crippen MR) is 71.5 cm³/mol. The Morgan fingerprint density at radius 1 is 1.38 bits per heavy atom. The van der Waals surface area contributed by atoms with Crippen molar-refractivity contribution in [2.45, 2.75) is 26.7 Å². The molecule has 0 saturated heterocycles. The first kappa shape index (κ1) is 13.6. The molecule has 1 aromatic heterocycles. The number of anilines is 1. The highest BCUT2D eigenvalue weighted by Gasteiger charge is 2.25. The predicted octanol–water partition coefficient (Wildman–Crippen LogP) is 4.19. The van der Waals surface area contributed by atoms with Gasteiger partial charge in [0.2, 0.25) is 0 Å². The lowest BCUT2D eigenvalue weighted by molar-refractivity contribution is 0.326. The third-order valence-corrected chi connectivity index (χ3v) is 4.04. The maximum atomic E-state index is 6.04. The molecule has 1 rings (SSSR count). The molecule has 0 radical (unpaired) electrons. The van der Waals surface area contributed by atoms with Crippen molar-refractivity contribution >= 4 is 29.0 Å². The molecule has 4 heteroatoms. The van der Waals surface area contributed by atoms with Gasteiger partial charge in [0.1, 0.15) is 5.82 Å². The molecule has 0 amide bonds. The van der Waals surface area contributed by atoms with Crippen molar-refractivity contribution in [2.24, 2.45) is 5.41 Å². The van der Waals surface area contributed by atoms with Gasteiger partial charge in [-0.3, -0.25) is 0 Å². The zero-order valence-corrected chi connectivity index (χ0v) is 11.3. The number of nitrogens with zero attached hydrogens (tertiary/aromatic N) is 1. The van der Waals surface area contributed by atoms with Gasteiger partial charge in [0.25, 0.3) is 0 Å². The average molecular weight is 261 g/mol. The molecule has 0 aliphatic heterocycles. The Morgan fingerprint density at radius 2 is 2.06 bits per heavy atom. The number of pyridine rings is 1. The summed E-state index contributed by atoms with van der Waals surface area (Å²) in [5.74, 6) is 1.39. The van der Waals surface area contributed by atoms with Crippen LogP contribution in [0.3, 0.4) is 0 Å². The summed E-state index contributed by atoms with van der Waals surface area (Å²) in [5, 5.41) is 3.93. The van der Waals surface area contributed by atoms with E-state index in [-0.39, 0.29) is 5.41 Å². The van der Waals surface area contributed by atoms with Gasteiger partial charge in [-0.1, -0.05) is 25.4 Å². The lowest BCUT2D eigenvalue weighted by Crippen LogP contribution is -2.30. The molecule has 0 atom stereocenters. The number of aromatic nitrogens is 1. The first-order chi connectivity index (χ1) is 7.67. The standard InChI is InChI=1S/C12H18Cl2N2/c1-3-12(4-2,8-13)9-16-11-10(14)6-5-7-15-11/h5-7H,3-4,8-9H2,1-2H3,(H,15,16). The molecule has 0 aromatic carbocycles. The fourth-order valence-electron chi connectivity index (χ4n) is 1.52. The van der Waals surface area contributed by atoms with Gasteiger partial charge in [-0.2, -0.15) is 0 Å². The zero-order valence-electron chi connectivity index (χ0n) is 9.76. The van der Waals surface area contributed by atoms with Gasteiger partial charge in [0, 0.05) is 24.0 Å². The van der Waals surface area contributed by atoms with Gasteiger partial charge in [-0.15, -0.1) is 11.6 Å². The Bertz CT molecular complexity index is 316. The van der Waals surface area contributed by atoms with Crippen LogP contribution in [0, 0.1) is 5.41 Å². The van der Waals surface area contributed by atoms with Crippen molar-refractivity contribution in [2.75, 3.05) is 17.7 Å². The minimum absolute atomic E-state index is 0.127. The van der Waals surface area contributed by atoms with Crippen LogP contribution in [0.5, 0.6) is 0 Å². The largest absolute Gasteiger partial charge is 0.368 e. The van der Waals surface area contributed by atoms with E-state index in [0.717, 1.165) is 25.2 Å². The summed E-state index contributed by atoms with van der Waals surface area (Å²) in [6.45, 7) is 5.13. The molecule has 1 N–H and O–H groups in total. The molecular formula is C12H18Cl2N2. The molecular weight excluding hydrogens is 243 g/mol. The zero-order chi connectivity index (χ0) is 12.0. The highest BCUT2D eigenvalue weighted by molar-refractivity contribution is 6.32. The summed E-state index contributed by atoms with van der Waals surface area (Å²) < 4.78 is 0. The molecule has 0 saturated carbocycles. The molecule has 0 spiro atoms. The van der Waals surface area contributed by atoms with Crippen molar-refractivity contribution in [3.8, 4) is 0 Å². The van der Waals surface area contributed by atoms with Gasteiger partial charge in [-0.05, 0) is 25.0 Å². The Hall–Kier alpha value is -0.470. The smallest absolute Gasteiger partial charge is 0.144 e. The summed E-state index contributed by atoms with van der Waals surface area (Å²) >= 11 is 12.1. The molecule has 1 heterocycles. The maximum Gasteiger partial charge on any atom is 0.144 e. The van der Waals surface area contributed by atoms with Crippen LogP contribution in [0.25, 0.3) is 0 Å². The van der Waals surface area contributed by atoms with E-state index >= 15 is 0 Å². The van der Waals surface area contributed by atoms with E-state index in [4.69, 9.17) is 23.2 Å². The average Bonchev–Trinajstić information content (AvgIpc) is 2.34. The van der Waals surface area contributed by atoms with Crippen LogP contribution in [0.4, 0.5) is 5.82 Å². The van der Waals surface area contributed by atoms with Crippen molar-refractivity contribution in [1.29, 1.82) is 0 Å². The second-order valence-electron chi connectivity index (χ2n) is 4.03. The van der Waals surface area contributed by atoms with E-state index < -0.39 is 0 Å². The van der Waals surface area contributed by atoms with Gasteiger partial charge in [0.05, 0.1) is 5.02 Å². The molecule has 0 unspecified atom stereocenters. The lowest BCUT2D eigenvalue weighted by Gasteiger charge is -2.29. The van der Waals surface area contributed by atoms with Crippen molar-refractivity contribution in [1.82, 2.24) is 4.98 Å². The summed E-state index contributed by atoms with van der Waals surface area (Å²) in [6.07, 6.45) is 3.82.